The van der Waals surface area contributed by atoms with Gasteiger partial charge in [-0.05, 0) is 12.5 Å². The number of pyridine rings is 1. The summed E-state index contributed by atoms with van der Waals surface area (Å²) in [5.41, 5.74) is -0.435. The fourth-order valence-electron chi connectivity index (χ4n) is 0.950. The van der Waals surface area contributed by atoms with Gasteiger partial charge in [-0.1, -0.05) is 11.6 Å². The molecule has 0 unspecified atom stereocenters. The average molecular weight is 203 g/mol. The molecule has 0 aliphatic heterocycles. The molecule has 13 heavy (non-hydrogen) atoms. The first-order chi connectivity index (χ1) is 6.07. The number of aromatic nitrogens is 1. The van der Waals surface area contributed by atoms with Crippen molar-refractivity contribution >= 4 is 11.6 Å². The van der Waals surface area contributed by atoms with Crippen LogP contribution in [0.15, 0.2) is 6.20 Å². The fraction of sp³-hybridized carbons (Fsp3) is 0.250. The van der Waals surface area contributed by atoms with Crippen molar-refractivity contribution < 1.29 is 8.78 Å². The van der Waals surface area contributed by atoms with Gasteiger partial charge in [-0.2, -0.15) is 5.26 Å². The van der Waals surface area contributed by atoms with Crippen LogP contribution in [-0.2, 0) is 0 Å². The highest BCUT2D eigenvalue weighted by Crippen LogP contribution is 2.28. The first-order valence-electron chi connectivity index (χ1n) is 3.41. The van der Waals surface area contributed by atoms with Crippen LogP contribution in [0.3, 0.4) is 0 Å². The van der Waals surface area contributed by atoms with Gasteiger partial charge >= 0.3 is 0 Å². The molecular weight excluding hydrogens is 198 g/mol. The lowest BCUT2D eigenvalue weighted by atomic mass is 10.1. The van der Waals surface area contributed by atoms with Gasteiger partial charge in [0.05, 0.1) is 10.6 Å². The lowest BCUT2D eigenvalue weighted by Gasteiger charge is -2.06. The van der Waals surface area contributed by atoms with Gasteiger partial charge in [0, 0.05) is 6.20 Å². The normalized spacial score (nSPS) is 10.2. The first-order valence-corrected chi connectivity index (χ1v) is 3.79. The number of rotatable bonds is 1. The molecule has 0 aliphatic rings. The highest BCUT2D eigenvalue weighted by atomic mass is 35.5. The Balaban J connectivity index is 3.43. The van der Waals surface area contributed by atoms with E-state index in [0.717, 1.165) is 0 Å². The molecule has 0 fully saturated rings. The van der Waals surface area contributed by atoms with Crippen molar-refractivity contribution in [3.63, 3.8) is 0 Å². The number of hydrogen-bond acceptors (Lipinski definition) is 2. The molecular formula is C8H5ClF2N2. The van der Waals surface area contributed by atoms with Gasteiger partial charge < -0.3 is 0 Å². The van der Waals surface area contributed by atoms with Gasteiger partial charge in [-0.15, -0.1) is 0 Å². The topological polar surface area (TPSA) is 36.7 Å². The van der Waals surface area contributed by atoms with E-state index in [1.54, 1.807) is 6.07 Å². The second-order valence-electron chi connectivity index (χ2n) is 2.41. The average Bonchev–Trinajstić information content (AvgIpc) is 2.08. The molecule has 0 amide bonds. The fourth-order valence-corrected chi connectivity index (χ4v) is 1.10. The largest absolute Gasteiger partial charge is 0.266 e. The van der Waals surface area contributed by atoms with E-state index >= 15 is 0 Å². The monoisotopic (exact) mass is 202 g/mol. The number of alkyl halides is 2. The zero-order chi connectivity index (χ0) is 10.0. The Morgan fingerprint density at radius 2 is 2.23 bits per heavy atom. The van der Waals surface area contributed by atoms with Gasteiger partial charge in [0.1, 0.15) is 11.8 Å². The Morgan fingerprint density at radius 1 is 1.62 bits per heavy atom. The van der Waals surface area contributed by atoms with Crippen LogP contribution in [0.4, 0.5) is 8.78 Å². The molecule has 0 atom stereocenters. The second kappa shape index (κ2) is 3.67. The molecule has 0 spiro atoms. The summed E-state index contributed by atoms with van der Waals surface area (Å²) in [4.78, 5) is 3.51. The smallest absolute Gasteiger partial charge is 0.243 e. The van der Waals surface area contributed by atoms with E-state index in [-0.39, 0.29) is 21.8 Å². The summed E-state index contributed by atoms with van der Waals surface area (Å²) in [6, 6.07) is 1.60. The zero-order valence-corrected chi connectivity index (χ0v) is 7.44. The molecule has 5 heteroatoms. The van der Waals surface area contributed by atoms with Gasteiger partial charge in [0.25, 0.3) is 6.43 Å². The molecule has 1 heterocycles. The van der Waals surface area contributed by atoms with Gasteiger partial charge in [-0.3, -0.25) is 0 Å². The molecule has 0 saturated heterocycles. The Labute approximate surface area is 78.8 Å². The number of nitriles is 1. The second-order valence-corrected chi connectivity index (χ2v) is 2.81. The Hall–Kier alpha value is -1.21. The van der Waals surface area contributed by atoms with Crippen LogP contribution in [0.2, 0.25) is 5.02 Å². The molecule has 1 aromatic heterocycles. The summed E-state index contributed by atoms with van der Waals surface area (Å²) in [7, 11) is 0. The first kappa shape index (κ1) is 9.87. The van der Waals surface area contributed by atoms with Gasteiger partial charge in [0.15, 0.2) is 0 Å². The molecule has 0 N–H and O–H groups in total. The third-order valence-electron chi connectivity index (χ3n) is 1.65. The minimum absolute atomic E-state index is 0.148. The molecule has 0 saturated carbocycles. The van der Waals surface area contributed by atoms with E-state index in [4.69, 9.17) is 16.9 Å². The van der Waals surface area contributed by atoms with Crippen LogP contribution >= 0.6 is 11.6 Å². The number of halogens is 3. The Kier molecular flexibility index (Phi) is 2.79. The summed E-state index contributed by atoms with van der Waals surface area (Å²) in [5, 5.41) is 8.64. The maximum atomic E-state index is 12.4. The lowest BCUT2D eigenvalue weighted by molar-refractivity contribution is 0.150. The van der Waals surface area contributed by atoms with E-state index in [9.17, 15) is 8.78 Å². The Bertz CT molecular complexity index is 371. The minimum Gasteiger partial charge on any atom is -0.243 e. The molecule has 1 rings (SSSR count). The van der Waals surface area contributed by atoms with Crippen LogP contribution in [-0.4, -0.2) is 4.98 Å². The maximum absolute atomic E-state index is 12.4. The van der Waals surface area contributed by atoms with E-state index in [0.29, 0.717) is 0 Å². The van der Waals surface area contributed by atoms with Crippen molar-refractivity contribution in [1.82, 2.24) is 4.98 Å². The summed E-state index contributed by atoms with van der Waals surface area (Å²) >= 11 is 5.58. The minimum atomic E-state index is -2.72. The molecule has 0 aliphatic carbocycles. The quantitative estimate of drug-likeness (QED) is 0.702. The number of nitrogens with zero attached hydrogens (tertiary/aromatic N) is 2. The summed E-state index contributed by atoms with van der Waals surface area (Å²) < 4.78 is 24.8. The van der Waals surface area contributed by atoms with Crippen LogP contribution in [0.5, 0.6) is 0 Å². The molecule has 0 bridgehead atoms. The summed E-state index contributed by atoms with van der Waals surface area (Å²) in [6.07, 6.45) is -1.53. The molecule has 0 radical (unpaired) electrons. The van der Waals surface area contributed by atoms with E-state index in [1.165, 1.54) is 13.1 Å². The molecule has 2 nitrogen and oxygen atoms in total. The van der Waals surface area contributed by atoms with Crippen LogP contribution in [0.1, 0.15) is 23.2 Å². The SMILES string of the molecule is Cc1c(Cl)cnc(C#N)c1C(F)F. The zero-order valence-electron chi connectivity index (χ0n) is 6.68. The van der Waals surface area contributed by atoms with Gasteiger partial charge in [-0.25, -0.2) is 13.8 Å². The third kappa shape index (κ3) is 1.76. The van der Waals surface area contributed by atoms with Crippen molar-refractivity contribution in [2.75, 3.05) is 0 Å². The van der Waals surface area contributed by atoms with Gasteiger partial charge in [0.2, 0.25) is 0 Å². The predicted octanol–water partition coefficient (Wildman–Crippen LogP) is 2.85. The predicted molar refractivity (Wildman–Crippen MR) is 43.7 cm³/mol. The molecule has 0 aromatic carbocycles. The van der Waals surface area contributed by atoms with Crippen LogP contribution < -0.4 is 0 Å². The van der Waals surface area contributed by atoms with Crippen LogP contribution in [0.25, 0.3) is 0 Å². The van der Waals surface area contributed by atoms with Crippen molar-refractivity contribution in [3.8, 4) is 6.07 Å². The highest BCUT2D eigenvalue weighted by Gasteiger charge is 2.18. The number of hydrogen-bond donors (Lipinski definition) is 0. The van der Waals surface area contributed by atoms with Crippen molar-refractivity contribution in [2.24, 2.45) is 0 Å². The summed E-state index contributed by atoms with van der Waals surface area (Å²) in [6.45, 7) is 1.44. The summed E-state index contributed by atoms with van der Waals surface area (Å²) in [5.74, 6) is 0. The van der Waals surface area contributed by atoms with Crippen molar-refractivity contribution in [2.45, 2.75) is 13.3 Å². The van der Waals surface area contributed by atoms with Crippen molar-refractivity contribution in [3.05, 3.63) is 28.0 Å². The van der Waals surface area contributed by atoms with E-state index in [1.807, 2.05) is 0 Å². The Morgan fingerprint density at radius 3 is 2.69 bits per heavy atom. The standard InChI is InChI=1S/C8H5ClF2N2/c1-4-5(9)3-13-6(2-12)7(4)8(10)11/h3,8H,1H3. The third-order valence-corrected chi connectivity index (χ3v) is 2.03. The lowest BCUT2D eigenvalue weighted by Crippen LogP contribution is -1.98. The molecule has 1 aromatic rings. The van der Waals surface area contributed by atoms with Crippen molar-refractivity contribution in [1.29, 1.82) is 5.26 Å². The van der Waals surface area contributed by atoms with E-state index < -0.39 is 6.43 Å². The molecule has 68 valence electrons. The highest BCUT2D eigenvalue weighted by molar-refractivity contribution is 6.31. The van der Waals surface area contributed by atoms with Crippen LogP contribution in [0, 0.1) is 18.3 Å². The maximum Gasteiger partial charge on any atom is 0.266 e. The van der Waals surface area contributed by atoms with E-state index in [2.05, 4.69) is 4.98 Å².